The first kappa shape index (κ1) is 24.7. The first-order valence-corrected chi connectivity index (χ1v) is 17.9. The van der Waals surface area contributed by atoms with Crippen molar-refractivity contribution in [2.75, 3.05) is 0 Å². The molecule has 55 heavy (non-hydrogen) atoms. The van der Waals surface area contributed by atoms with Crippen molar-refractivity contribution >= 4 is 21.8 Å². The van der Waals surface area contributed by atoms with Crippen LogP contribution in [0.1, 0.15) is 11.0 Å². The van der Waals surface area contributed by atoms with Crippen molar-refractivity contribution < 1.29 is 11.0 Å². The molecule has 0 fully saturated rings. The van der Waals surface area contributed by atoms with Crippen LogP contribution >= 0.6 is 0 Å². The molecule has 0 amide bonds. The summed E-state index contributed by atoms with van der Waals surface area (Å²) in [7, 11) is 0. The van der Waals surface area contributed by atoms with Gasteiger partial charge in [0.05, 0.1) is 27.7 Å². The van der Waals surface area contributed by atoms with Gasteiger partial charge in [-0.15, -0.1) is 0 Å². The maximum atomic E-state index is 9.29. The Balaban J connectivity index is 1.28. The molecule has 0 saturated heterocycles. The van der Waals surface area contributed by atoms with E-state index in [1.807, 2.05) is 146 Å². The summed E-state index contributed by atoms with van der Waals surface area (Å²) < 4.78 is 73.1. The van der Waals surface area contributed by atoms with Gasteiger partial charge in [-0.05, 0) is 52.0 Å². The summed E-state index contributed by atoms with van der Waals surface area (Å²) in [6.07, 6.45) is 0. The lowest BCUT2D eigenvalue weighted by molar-refractivity contribution is 1.07. The minimum Gasteiger partial charge on any atom is -0.309 e. The highest BCUT2D eigenvalue weighted by molar-refractivity contribution is 6.10. The summed E-state index contributed by atoms with van der Waals surface area (Å²) in [5, 5.41) is -0.0182. The van der Waals surface area contributed by atoms with Gasteiger partial charge in [-0.2, -0.15) is 0 Å². The van der Waals surface area contributed by atoms with Gasteiger partial charge >= 0.3 is 0 Å². The van der Waals surface area contributed by atoms with E-state index in [1.54, 1.807) is 4.57 Å². The zero-order valence-corrected chi connectivity index (χ0v) is 29.3. The van der Waals surface area contributed by atoms with Crippen molar-refractivity contribution in [3.63, 3.8) is 0 Å². The van der Waals surface area contributed by atoms with Crippen LogP contribution in [-0.4, -0.2) is 19.5 Å². The highest BCUT2D eigenvalue weighted by Gasteiger charge is 2.19. The smallest absolute Gasteiger partial charge is 0.164 e. The number of benzene rings is 8. The van der Waals surface area contributed by atoms with Gasteiger partial charge in [0, 0.05) is 33.0 Å². The van der Waals surface area contributed by atoms with Crippen LogP contribution < -0.4 is 0 Å². The largest absolute Gasteiger partial charge is 0.309 e. The number of aromatic nitrogens is 4. The van der Waals surface area contributed by atoms with Crippen molar-refractivity contribution in [1.29, 1.82) is 0 Å². The second-order valence-corrected chi connectivity index (χ2v) is 13.1. The maximum absolute atomic E-state index is 9.29. The monoisotopic (exact) mass is 710 g/mol. The Hall–Kier alpha value is -7.43. The van der Waals surface area contributed by atoms with E-state index in [0.29, 0.717) is 34.3 Å². The molecule has 0 atom stereocenters. The summed E-state index contributed by atoms with van der Waals surface area (Å²) in [5.41, 5.74) is 7.91. The summed E-state index contributed by atoms with van der Waals surface area (Å²) in [6.45, 7) is 0. The van der Waals surface area contributed by atoms with Gasteiger partial charge < -0.3 is 4.57 Å². The predicted octanol–water partition coefficient (Wildman–Crippen LogP) is 13.0. The number of nitrogens with zero attached hydrogens (tertiary/aromatic N) is 4. The molecule has 0 aliphatic carbocycles. The van der Waals surface area contributed by atoms with E-state index >= 15 is 0 Å². The van der Waals surface area contributed by atoms with Gasteiger partial charge in [-0.3, -0.25) is 0 Å². The van der Waals surface area contributed by atoms with E-state index in [1.165, 1.54) is 0 Å². The van der Waals surface area contributed by atoms with E-state index in [4.69, 9.17) is 23.2 Å². The molecule has 10 rings (SSSR count). The molecular weight excluding hydrogens is 669 g/mol. The molecule has 0 bridgehead atoms. The Morgan fingerprint density at radius 2 is 0.764 bits per heavy atom. The van der Waals surface area contributed by atoms with E-state index < -0.39 is 36.3 Å². The van der Waals surface area contributed by atoms with Crippen LogP contribution in [0.3, 0.4) is 0 Å². The average molecular weight is 711 g/mol. The van der Waals surface area contributed by atoms with Crippen LogP contribution in [0, 0.1) is 0 Å². The third-order valence-corrected chi connectivity index (χ3v) is 9.73. The predicted molar refractivity (Wildman–Crippen MR) is 227 cm³/mol. The molecule has 2 heterocycles. The van der Waals surface area contributed by atoms with Crippen molar-refractivity contribution in [2.45, 2.75) is 0 Å². The number of para-hydroxylation sites is 2. The molecular formula is C51H34N4. The summed E-state index contributed by atoms with van der Waals surface area (Å²) in [6, 6.07) is 47.5. The molecule has 0 unspecified atom stereocenters. The summed E-state index contributed by atoms with van der Waals surface area (Å²) in [5.74, 6) is 1.19. The van der Waals surface area contributed by atoms with Gasteiger partial charge in [0.2, 0.25) is 0 Å². The lowest BCUT2D eigenvalue weighted by Gasteiger charge is -2.17. The van der Waals surface area contributed by atoms with Crippen molar-refractivity contribution in [3.8, 4) is 73.2 Å². The molecule has 0 spiro atoms. The molecule has 0 radical (unpaired) electrons. The molecule has 4 nitrogen and oxygen atoms in total. The minimum atomic E-state index is -0.508. The van der Waals surface area contributed by atoms with Crippen LogP contribution in [0.4, 0.5) is 0 Å². The minimum absolute atomic E-state index is 0.00912. The second-order valence-electron chi connectivity index (χ2n) is 13.1. The lowest BCUT2D eigenvalue weighted by atomic mass is 9.96. The molecule has 258 valence electrons. The molecule has 10 aromatic rings. The Labute approximate surface area is 331 Å². The molecule has 0 N–H and O–H groups in total. The summed E-state index contributed by atoms with van der Waals surface area (Å²) >= 11 is 0. The standard InChI is InChI=1S/C51H34N4/c1-4-15-35(16-5-1)37-27-29-39(30-28-37)50-52-49(38-19-8-3-9-20-38)53-51(54-50)42-31-32-43(41-22-14-21-40(33-41)36-17-6-2-7-18-36)48(34-42)55-46-25-12-10-23-44(46)45-24-11-13-26-47(45)55/h1-34H/i10D,11D,12D,13D,23D,24D,25D,26D. The van der Waals surface area contributed by atoms with Gasteiger partial charge in [0.15, 0.2) is 17.5 Å². The maximum Gasteiger partial charge on any atom is 0.164 e. The fraction of sp³-hybridized carbons (Fsp3) is 0. The third-order valence-electron chi connectivity index (χ3n) is 9.73. The first-order valence-electron chi connectivity index (χ1n) is 21.9. The second kappa shape index (κ2) is 13.8. The number of hydrogen-bond acceptors (Lipinski definition) is 3. The van der Waals surface area contributed by atoms with E-state index in [-0.39, 0.29) is 33.9 Å². The van der Waals surface area contributed by atoms with Gasteiger partial charge in [0.25, 0.3) is 0 Å². The number of fused-ring (bicyclic) bond motifs is 3. The molecule has 0 aliphatic heterocycles. The third kappa shape index (κ3) is 6.06. The van der Waals surface area contributed by atoms with E-state index in [0.717, 1.165) is 38.9 Å². The quantitative estimate of drug-likeness (QED) is 0.165. The zero-order valence-electron chi connectivity index (χ0n) is 37.3. The fourth-order valence-corrected chi connectivity index (χ4v) is 7.05. The zero-order chi connectivity index (χ0) is 43.5. The Morgan fingerprint density at radius 1 is 0.345 bits per heavy atom. The van der Waals surface area contributed by atoms with E-state index in [2.05, 4.69) is 12.1 Å². The molecule has 2 aromatic heterocycles. The van der Waals surface area contributed by atoms with Crippen molar-refractivity contribution in [1.82, 2.24) is 19.5 Å². The molecule has 0 aliphatic rings. The first-order chi connectivity index (χ1) is 30.6. The Bertz CT molecular complexity index is 3340. The topological polar surface area (TPSA) is 43.6 Å². The van der Waals surface area contributed by atoms with Crippen LogP contribution in [0.2, 0.25) is 0 Å². The van der Waals surface area contributed by atoms with Crippen LogP contribution in [0.15, 0.2) is 206 Å². The van der Waals surface area contributed by atoms with Gasteiger partial charge in [0.1, 0.15) is 0 Å². The van der Waals surface area contributed by atoms with Crippen LogP contribution in [0.25, 0.3) is 95.0 Å². The Morgan fingerprint density at radius 3 is 1.36 bits per heavy atom. The Kier molecular flexibility index (Phi) is 6.23. The normalized spacial score (nSPS) is 13.3. The fourth-order valence-electron chi connectivity index (χ4n) is 7.05. The number of rotatable bonds is 7. The highest BCUT2D eigenvalue weighted by atomic mass is 15.0. The highest BCUT2D eigenvalue weighted by Crippen LogP contribution is 2.39. The summed E-state index contributed by atoms with van der Waals surface area (Å²) in [4.78, 5) is 15.0. The van der Waals surface area contributed by atoms with Crippen molar-refractivity contribution in [2.24, 2.45) is 0 Å². The molecule has 0 saturated carbocycles. The van der Waals surface area contributed by atoms with Gasteiger partial charge in [-0.1, -0.05) is 182 Å². The molecule has 8 aromatic carbocycles. The van der Waals surface area contributed by atoms with Crippen LogP contribution in [0.5, 0.6) is 0 Å². The SMILES string of the molecule is [2H]c1c([2H])c([2H])c2c(c1[2H])c1c([2H])c([2H])c([2H])c([2H])c1n2-c1cc(-c2nc(-c3ccccc3)nc(-c3ccc(-c4ccccc4)cc3)n2)ccc1-c1cccc(-c2ccccc2)c1. The van der Waals surface area contributed by atoms with Crippen molar-refractivity contribution in [3.05, 3.63) is 206 Å². The van der Waals surface area contributed by atoms with Crippen LogP contribution in [-0.2, 0) is 0 Å². The molecule has 4 heteroatoms. The lowest BCUT2D eigenvalue weighted by Crippen LogP contribution is -2.02. The van der Waals surface area contributed by atoms with Gasteiger partial charge in [-0.25, -0.2) is 15.0 Å². The average Bonchev–Trinajstić information content (AvgIpc) is 3.71. The number of hydrogen-bond donors (Lipinski definition) is 0. The van der Waals surface area contributed by atoms with E-state index in [9.17, 15) is 2.74 Å².